The molecule has 0 saturated carbocycles. The third-order valence-electron chi connectivity index (χ3n) is 3.71. The van der Waals surface area contributed by atoms with E-state index in [4.69, 9.17) is 5.73 Å². The van der Waals surface area contributed by atoms with Gasteiger partial charge in [-0.25, -0.2) is 4.68 Å². The molecule has 1 aromatic rings. The third-order valence-corrected chi connectivity index (χ3v) is 3.71. The summed E-state index contributed by atoms with van der Waals surface area (Å²) in [4.78, 5) is 2.41. The number of hydrogen-bond acceptors (Lipinski definition) is 4. The molecule has 0 aromatic carbocycles. The zero-order valence-electron chi connectivity index (χ0n) is 9.74. The van der Waals surface area contributed by atoms with E-state index in [2.05, 4.69) is 22.2 Å². The summed E-state index contributed by atoms with van der Waals surface area (Å²) in [7, 11) is 0. The lowest BCUT2D eigenvalue weighted by atomic mass is 10.1. The zero-order valence-corrected chi connectivity index (χ0v) is 9.74. The van der Waals surface area contributed by atoms with Gasteiger partial charge in [0, 0.05) is 25.2 Å². The molecule has 1 saturated heterocycles. The van der Waals surface area contributed by atoms with Gasteiger partial charge in [-0.3, -0.25) is 4.90 Å². The molecule has 0 bridgehead atoms. The SMILES string of the molecule is CCN1CC(n2nc3c(c2N)CCNC3)C1. The number of fused-ring (bicyclic) bond motifs is 1. The topological polar surface area (TPSA) is 59.1 Å². The molecule has 5 heteroatoms. The highest BCUT2D eigenvalue weighted by atomic mass is 15.4. The second kappa shape index (κ2) is 3.75. The highest BCUT2D eigenvalue weighted by molar-refractivity contribution is 5.45. The van der Waals surface area contributed by atoms with Crippen LogP contribution in [0.5, 0.6) is 0 Å². The standard InChI is InChI=1S/C11H19N5/c1-2-15-6-8(7-15)16-11(12)9-3-4-13-5-10(9)14-16/h8,13H,2-7,12H2,1H3. The number of nitrogen functional groups attached to an aromatic ring is 1. The molecule has 0 unspecified atom stereocenters. The first kappa shape index (κ1) is 10.1. The first-order valence-corrected chi connectivity index (χ1v) is 6.08. The predicted octanol–water partition coefficient (Wildman–Crippen LogP) is -0.0124. The molecular weight excluding hydrogens is 202 g/mol. The van der Waals surface area contributed by atoms with Crippen LogP contribution in [-0.4, -0.2) is 40.9 Å². The van der Waals surface area contributed by atoms with Crippen LogP contribution in [0.4, 0.5) is 5.82 Å². The van der Waals surface area contributed by atoms with Crippen molar-refractivity contribution in [3.8, 4) is 0 Å². The maximum absolute atomic E-state index is 6.18. The van der Waals surface area contributed by atoms with E-state index < -0.39 is 0 Å². The van der Waals surface area contributed by atoms with Gasteiger partial charge >= 0.3 is 0 Å². The number of nitrogens with one attached hydrogen (secondary N) is 1. The minimum absolute atomic E-state index is 0.491. The van der Waals surface area contributed by atoms with Crippen molar-refractivity contribution in [2.75, 3.05) is 31.9 Å². The Morgan fingerprint density at radius 2 is 2.31 bits per heavy atom. The monoisotopic (exact) mass is 221 g/mol. The van der Waals surface area contributed by atoms with Crippen LogP contribution in [0.1, 0.15) is 24.2 Å². The molecular formula is C11H19N5. The van der Waals surface area contributed by atoms with E-state index in [1.165, 1.54) is 5.56 Å². The average molecular weight is 221 g/mol. The Hall–Kier alpha value is -1.07. The third kappa shape index (κ3) is 1.43. The van der Waals surface area contributed by atoms with Gasteiger partial charge in [0.15, 0.2) is 0 Å². The van der Waals surface area contributed by atoms with Crippen LogP contribution in [0.15, 0.2) is 0 Å². The van der Waals surface area contributed by atoms with Gasteiger partial charge in [0.2, 0.25) is 0 Å². The number of likely N-dealkylation sites (tertiary alicyclic amines) is 1. The summed E-state index contributed by atoms with van der Waals surface area (Å²) in [5, 5.41) is 7.98. The minimum atomic E-state index is 0.491. The van der Waals surface area contributed by atoms with Crippen molar-refractivity contribution in [2.45, 2.75) is 25.9 Å². The molecule has 16 heavy (non-hydrogen) atoms. The van der Waals surface area contributed by atoms with Crippen molar-refractivity contribution in [2.24, 2.45) is 0 Å². The first-order valence-electron chi connectivity index (χ1n) is 6.08. The fourth-order valence-corrected chi connectivity index (χ4v) is 2.60. The highest BCUT2D eigenvalue weighted by Crippen LogP contribution is 2.28. The summed E-state index contributed by atoms with van der Waals surface area (Å²) in [5.41, 5.74) is 8.60. The van der Waals surface area contributed by atoms with Crippen molar-refractivity contribution in [3.05, 3.63) is 11.3 Å². The Balaban J connectivity index is 1.83. The van der Waals surface area contributed by atoms with E-state index in [9.17, 15) is 0 Å². The summed E-state index contributed by atoms with van der Waals surface area (Å²) in [6.07, 6.45) is 1.02. The molecule has 1 aromatic heterocycles. The predicted molar refractivity (Wildman–Crippen MR) is 63.2 cm³/mol. The smallest absolute Gasteiger partial charge is 0.125 e. The van der Waals surface area contributed by atoms with Crippen LogP contribution >= 0.6 is 0 Å². The number of nitrogens with two attached hydrogens (primary N) is 1. The van der Waals surface area contributed by atoms with E-state index >= 15 is 0 Å². The van der Waals surface area contributed by atoms with Gasteiger partial charge in [0.1, 0.15) is 5.82 Å². The van der Waals surface area contributed by atoms with E-state index in [0.29, 0.717) is 6.04 Å². The minimum Gasteiger partial charge on any atom is -0.384 e. The van der Waals surface area contributed by atoms with Crippen LogP contribution in [0.25, 0.3) is 0 Å². The summed E-state index contributed by atoms with van der Waals surface area (Å²) in [6, 6.07) is 0.491. The lowest BCUT2D eigenvalue weighted by molar-refractivity contribution is 0.107. The fourth-order valence-electron chi connectivity index (χ4n) is 2.60. The molecule has 0 atom stereocenters. The number of nitrogens with zero attached hydrogens (tertiary/aromatic N) is 3. The van der Waals surface area contributed by atoms with Gasteiger partial charge in [0.25, 0.3) is 0 Å². The molecule has 2 aliphatic rings. The second-order valence-electron chi connectivity index (χ2n) is 4.69. The second-order valence-corrected chi connectivity index (χ2v) is 4.69. The summed E-state index contributed by atoms with van der Waals surface area (Å²) in [5.74, 6) is 0.900. The van der Waals surface area contributed by atoms with Crippen molar-refractivity contribution in [1.82, 2.24) is 20.0 Å². The molecule has 2 aliphatic heterocycles. The molecule has 3 N–H and O–H groups in total. The summed E-state index contributed by atoms with van der Waals surface area (Å²) < 4.78 is 2.05. The average Bonchev–Trinajstić information content (AvgIpc) is 2.56. The van der Waals surface area contributed by atoms with Crippen LogP contribution in [0.3, 0.4) is 0 Å². The van der Waals surface area contributed by atoms with E-state index in [-0.39, 0.29) is 0 Å². The Bertz CT molecular complexity index is 391. The van der Waals surface area contributed by atoms with Gasteiger partial charge in [-0.2, -0.15) is 5.10 Å². The molecule has 3 heterocycles. The van der Waals surface area contributed by atoms with Gasteiger partial charge in [-0.1, -0.05) is 6.92 Å². The highest BCUT2D eigenvalue weighted by Gasteiger charge is 2.31. The van der Waals surface area contributed by atoms with Crippen molar-refractivity contribution < 1.29 is 0 Å². The molecule has 1 fully saturated rings. The fraction of sp³-hybridized carbons (Fsp3) is 0.727. The number of hydrogen-bond donors (Lipinski definition) is 2. The molecule has 0 amide bonds. The molecule has 0 aliphatic carbocycles. The van der Waals surface area contributed by atoms with Crippen molar-refractivity contribution in [1.29, 1.82) is 0 Å². The molecule has 0 radical (unpaired) electrons. The van der Waals surface area contributed by atoms with Crippen LogP contribution < -0.4 is 11.1 Å². The van der Waals surface area contributed by atoms with Gasteiger partial charge in [-0.05, 0) is 19.5 Å². The van der Waals surface area contributed by atoms with Crippen molar-refractivity contribution >= 4 is 5.82 Å². The van der Waals surface area contributed by atoms with Gasteiger partial charge in [0.05, 0.1) is 11.7 Å². The van der Waals surface area contributed by atoms with Crippen LogP contribution in [0.2, 0.25) is 0 Å². The van der Waals surface area contributed by atoms with Crippen molar-refractivity contribution in [3.63, 3.8) is 0 Å². The number of anilines is 1. The maximum atomic E-state index is 6.18. The van der Waals surface area contributed by atoms with E-state index in [1.54, 1.807) is 0 Å². The summed E-state index contributed by atoms with van der Waals surface area (Å²) >= 11 is 0. The Kier molecular flexibility index (Phi) is 2.37. The van der Waals surface area contributed by atoms with Crippen LogP contribution in [0, 0.1) is 0 Å². The first-order chi connectivity index (χ1) is 7.79. The van der Waals surface area contributed by atoms with Crippen LogP contribution in [-0.2, 0) is 13.0 Å². The number of rotatable bonds is 2. The molecule has 3 rings (SSSR count). The largest absolute Gasteiger partial charge is 0.384 e. The van der Waals surface area contributed by atoms with Gasteiger partial charge in [-0.15, -0.1) is 0 Å². The Morgan fingerprint density at radius 3 is 3.00 bits per heavy atom. The summed E-state index contributed by atoms with van der Waals surface area (Å²) in [6.45, 7) is 7.39. The van der Waals surface area contributed by atoms with E-state index in [1.807, 2.05) is 4.68 Å². The quantitative estimate of drug-likeness (QED) is 0.737. The van der Waals surface area contributed by atoms with E-state index in [0.717, 1.165) is 50.7 Å². The Morgan fingerprint density at radius 1 is 1.50 bits per heavy atom. The molecule has 88 valence electrons. The normalized spacial score (nSPS) is 21.8. The lowest BCUT2D eigenvalue weighted by Crippen LogP contribution is -2.47. The number of aromatic nitrogens is 2. The molecule has 0 spiro atoms. The van der Waals surface area contributed by atoms with Gasteiger partial charge < -0.3 is 11.1 Å². The molecule has 5 nitrogen and oxygen atoms in total. The lowest BCUT2D eigenvalue weighted by Gasteiger charge is -2.38. The maximum Gasteiger partial charge on any atom is 0.125 e. The zero-order chi connectivity index (χ0) is 11.1. The Labute approximate surface area is 95.6 Å². The number of likely N-dealkylation sites (N-methyl/N-ethyl adjacent to an activating group) is 1.